The summed E-state index contributed by atoms with van der Waals surface area (Å²) in [5.74, 6) is -0.0619. The molecule has 1 fully saturated rings. The standard InChI is InChI=1S/C19H26N2O4/c1-3-25-18(23)13-21(12-15-7-5-4-6-8-15)17(22)9-10-20-19(24)16-11-14(16)2/h4-8,14,16H,3,9-13H2,1-2H3,(H,20,24)/t14-,16+/m0/s1. The maximum Gasteiger partial charge on any atom is 0.325 e. The molecule has 1 aliphatic carbocycles. The van der Waals surface area contributed by atoms with Gasteiger partial charge in [0.1, 0.15) is 6.54 Å². The molecule has 25 heavy (non-hydrogen) atoms. The van der Waals surface area contributed by atoms with Crippen LogP contribution in [0.2, 0.25) is 0 Å². The van der Waals surface area contributed by atoms with Crippen LogP contribution in [0, 0.1) is 11.8 Å². The van der Waals surface area contributed by atoms with Crippen LogP contribution in [0.4, 0.5) is 0 Å². The number of esters is 1. The van der Waals surface area contributed by atoms with E-state index in [1.807, 2.05) is 37.3 Å². The highest BCUT2D eigenvalue weighted by Crippen LogP contribution is 2.37. The largest absolute Gasteiger partial charge is 0.465 e. The molecule has 0 unspecified atom stereocenters. The number of carbonyl (C=O) groups excluding carboxylic acids is 3. The highest BCUT2D eigenvalue weighted by atomic mass is 16.5. The molecule has 1 aromatic rings. The molecule has 1 N–H and O–H groups in total. The van der Waals surface area contributed by atoms with Crippen LogP contribution in [0.3, 0.4) is 0 Å². The molecule has 2 amide bonds. The minimum atomic E-state index is -0.428. The summed E-state index contributed by atoms with van der Waals surface area (Å²) in [6.07, 6.45) is 1.09. The molecule has 0 spiro atoms. The van der Waals surface area contributed by atoms with Gasteiger partial charge >= 0.3 is 5.97 Å². The summed E-state index contributed by atoms with van der Waals surface area (Å²) in [7, 11) is 0. The molecule has 2 atom stereocenters. The Balaban J connectivity index is 1.87. The molecule has 0 heterocycles. The fourth-order valence-corrected chi connectivity index (χ4v) is 2.67. The van der Waals surface area contributed by atoms with Crippen molar-refractivity contribution in [2.45, 2.75) is 33.2 Å². The molecule has 136 valence electrons. The zero-order valence-electron chi connectivity index (χ0n) is 14.9. The second kappa shape index (κ2) is 9.20. The van der Waals surface area contributed by atoms with Gasteiger partial charge < -0.3 is 15.0 Å². The molecule has 0 bridgehead atoms. The van der Waals surface area contributed by atoms with Gasteiger partial charge in [-0.05, 0) is 24.8 Å². The van der Waals surface area contributed by atoms with Crippen LogP contribution < -0.4 is 5.32 Å². The Labute approximate surface area is 148 Å². The van der Waals surface area contributed by atoms with E-state index in [1.165, 1.54) is 4.90 Å². The van der Waals surface area contributed by atoms with E-state index >= 15 is 0 Å². The fraction of sp³-hybridized carbons (Fsp3) is 0.526. The minimum Gasteiger partial charge on any atom is -0.465 e. The van der Waals surface area contributed by atoms with E-state index in [0.717, 1.165) is 12.0 Å². The third-order valence-electron chi connectivity index (χ3n) is 4.28. The molecule has 0 radical (unpaired) electrons. The number of benzene rings is 1. The number of hydrogen-bond acceptors (Lipinski definition) is 4. The van der Waals surface area contributed by atoms with E-state index in [1.54, 1.807) is 6.92 Å². The first-order valence-corrected chi connectivity index (χ1v) is 8.76. The first kappa shape index (κ1) is 19.0. The van der Waals surface area contributed by atoms with E-state index in [2.05, 4.69) is 5.32 Å². The van der Waals surface area contributed by atoms with Gasteiger partial charge in [0.25, 0.3) is 0 Å². The van der Waals surface area contributed by atoms with E-state index in [-0.39, 0.29) is 43.8 Å². The predicted octanol–water partition coefficient (Wildman–Crippen LogP) is 1.74. The average molecular weight is 346 g/mol. The smallest absolute Gasteiger partial charge is 0.325 e. The Hall–Kier alpha value is -2.37. The Bertz CT molecular complexity index is 603. The topological polar surface area (TPSA) is 75.7 Å². The second-order valence-electron chi connectivity index (χ2n) is 6.40. The molecular weight excluding hydrogens is 320 g/mol. The quantitative estimate of drug-likeness (QED) is 0.691. The number of nitrogens with zero attached hydrogens (tertiary/aromatic N) is 1. The average Bonchev–Trinajstić information content (AvgIpc) is 3.32. The maximum atomic E-state index is 12.5. The Morgan fingerprint density at radius 2 is 1.92 bits per heavy atom. The van der Waals surface area contributed by atoms with Crippen LogP contribution in [0.5, 0.6) is 0 Å². The van der Waals surface area contributed by atoms with Crippen molar-refractivity contribution >= 4 is 17.8 Å². The summed E-state index contributed by atoms with van der Waals surface area (Å²) in [6.45, 7) is 4.59. The maximum absolute atomic E-state index is 12.5. The highest BCUT2D eigenvalue weighted by molar-refractivity contribution is 5.84. The van der Waals surface area contributed by atoms with Crippen LogP contribution >= 0.6 is 0 Å². The van der Waals surface area contributed by atoms with Crippen molar-refractivity contribution in [3.8, 4) is 0 Å². The van der Waals surface area contributed by atoms with Crippen molar-refractivity contribution in [3.05, 3.63) is 35.9 Å². The number of nitrogens with one attached hydrogen (secondary N) is 1. The van der Waals surface area contributed by atoms with Crippen LogP contribution in [0.25, 0.3) is 0 Å². The molecule has 1 saturated carbocycles. The van der Waals surface area contributed by atoms with Gasteiger partial charge in [-0.15, -0.1) is 0 Å². The Kier molecular flexibility index (Phi) is 6.98. The molecule has 1 aromatic carbocycles. The second-order valence-corrected chi connectivity index (χ2v) is 6.40. The molecule has 2 rings (SSSR count). The van der Waals surface area contributed by atoms with Gasteiger partial charge in [-0.1, -0.05) is 37.3 Å². The monoisotopic (exact) mass is 346 g/mol. The summed E-state index contributed by atoms with van der Waals surface area (Å²) < 4.78 is 4.95. The lowest BCUT2D eigenvalue weighted by Gasteiger charge is -2.22. The zero-order chi connectivity index (χ0) is 18.2. The van der Waals surface area contributed by atoms with Gasteiger partial charge in [0.2, 0.25) is 11.8 Å². The van der Waals surface area contributed by atoms with Crippen molar-refractivity contribution in [1.82, 2.24) is 10.2 Å². The van der Waals surface area contributed by atoms with Crippen molar-refractivity contribution < 1.29 is 19.1 Å². The predicted molar refractivity (Wildman–Crippen MR) is 93.4 cm³/mol. The first-order chi connectivity index (χ1) is 12.0. The number of amides is 2. The molecule has 0 aromatic heterocycles. The number of hydrogen-bond donors (Lipinski definition) is 1. The molecule has 1 aliphatic rings. The van der Waals surface area contributed by atoms with Crippen molar-refractivity contribution in [3.63, 3.8) is 0 Å². The summed E-state index contributed by atoms with van der Waals surface area (Å²) in [4.78, 5) is 37.5. The first-order valence-electron chi connectivity index (χ1n) is 8.76. The SMILES string of the molecule is CCOC(=O)CN(Cc1ccccc1)C(=O)CCNC(=O)[C@@H]1C[C@@H]1C. The number of carbonyl (C=O) groups is 3. The minimum absolute atomic E-state index is 0.0142. The summed E-state index contributed by atoms with van der Waals surface area (Å²) in [6, 6.07) is 9.48. The van der Waals surface area contributed by atoms with Gasteiger partial charge in [-0.3, -0.25) is 14.4 Å². The number of ether oxygens (including phenoxy) is 1. The summed E-state index contributed by atoms with van der Waals surface area (Å²) in [5.41, 5.74) is 0.941. The van der Waals surface area contributed by atoms with Crippen molar-refractivity contribution in [2.75, 3.05) is 19.7 Å². The number of rotatable bonds is 9. The molecule has 6 nitrogen and oxygen atoms in total. The third-order valence-corrected chi connectivity index (χ3v) is 4.28. The van der Waals surface area contributed by atoms with Crippen molar-refractivity contribution in [1.29, 1.82) is 0 Å². The van der Waals surface area contributed by atoms with E-state index in [0.29, 0.717) is 12.5 Å². The Morgan fingerprint density at radius 1 is 1.24 bits per heavy atom. The zero-order valence-corrected chi connectivity index (χ0v) is 14.9. The lowest BCUT2D eigenvalue weighted by Crippen LogP contribution is -2.38. The fourth-order valence-electron chi connectivity index (χ4n) is 2.67. The van der Waals surface area contributed by atoms with Crippen LogP contribution in [0.15, 0.2) is 30.3 Å². The van der Waals surface area contributed by atoms with Gasteiger partial charge in [-0.25, -0.2) is 0 Å². The molecule has 6 heteroatoms. The van der Waals surface area contributed by atoms with Crippen LogP contribution in [0.1, 0.15) is 32.3 Å². The van der Waals surface area contributed by atoms with E-state index in [9.17, 15) is 14.4 Å². The molecular formula is C19H26N2O4. The normalized spacial score (nSPS) is 18.3. The van der Waals surface area contributed by atoms with Gasteiger partial charge in [0.05, 0.1) is 6.61 Å². The third kappa shape index (κ3) is 6.21. The van der Waals surface area contributed by atoms with Crippen molar-refractivity contribution in [2.24, 2.45) is 11.8 Å². The molecule has 0 saturated heterocycles. The summed E-state index contributed by atoms with van der Waals surface area (Å²) >= 11 is 0. The van der Waals surface area contributed by atoms with E-state index < -0.39 is 5.97 Å². The summed E-state index contributed by atoms with van der Waals surface area (Å²) in [5, 5.41) is 2.80. The van der Waals surface area contributed by atoms with Crippen LogP contribution in [-0.4, -0.2) is 42.4 Å². The lowest BCUT2D eigenvalue weighted by molar-refractivity contribution is -0.149. The Morgan fingerprint density at radius 3 is 2.52 bits per heavy atom. The lowest BCUT2D eigenvalue weighted by atomic mass is 10.2. The van der Waals surface area contributed by atoms with Gasteiger partial charge in [0.15, 0.2) is 0 Å². The van der Waals surface area contributed by atoms with E-state index in [4.69, 9.17) is 4.74 Å². The molecule has 0 aliphatic heterocycles. The van der Waals surface area contributed by atoms with Gasteiger partial charge in [-0.2, -0.15) is 0 Å². The highest BCUT2D eigenvalue weighted by Gasteiger charge is 2.38. The van der Waals surface area contributed by atoms with Crippen LogP contribution in [-0.2, 0) is 25.7 Å². The van der Waals surface area contributed by atoms with Gasteiger partial charge in [0, 0.05) is 25.4 Å².